The Balaban J connectivity index is 1.57. The molecule has 1 saturated heterocycles. The Hall–Kier alpha value is -1.07. The minimum atomic E-state index is -0.277. The van der Waals surface area contributed by atoms with E-state index >= 15 is 0 Å². The Labute approximate surface area is 135 Å². The Morgan fingerprint density at radius 1 is 1.38 bits per heavy atom. The fourth-order valence-corrected chi connectivity index (χ4v) is 4.89. The average molecular weight is 371 g/mol. The summed E-state index contributed by atoms with van der Waals surface area (Å²) in [6.45, 7) is 0. The molecule has 5 unspecified atom stereocenters. The first-order valence-electron chi connectivity index (χ1n) is 7.01. The van der Waals surface area contributed by atoms with Crippen LogP contribution in [0.4, 0.5) is 5.69 Å². The van der Waals surface area contributed by atoms with Gasteiger partial charge in [0.2, 0.25) is 5.91 Å². The number of nitrogens with one attached hydrogen (secondary N) is 1. The molecule has 5 atom stereocenters. The summed E-state index contributed by atoms with van der Waals surface area (Å²) in [4.78, 5) is 24.5. The first kappa shape index (κ1) is 13.6. The molecular weight excluding hydrogens is 358 g/mol. The highest BCUT2D eigenvalue weighted by Gasteiger charge is 2.63. The summed E-state index contributed by atoms with van der Waals surface area (Å²) in [6.07, 6.45) is 1.79. The predicted octanol–water partition coefficient (Wildman–Crippen LogP) is 3.24. The van der Waals surface area contributed by atoms with Crippen molar-refractivity contribution in [2.45, 2.75) is 18.9 Å². The van der Waals surface area contributed by atoms with Gasteiger partial charge < -0.3 is 10.1 Å². The Bertz CT molecular complexity index is 648. The van der Waals surface area contributed by atoms with Gasteiger partial charge >= 0.3 is 5.97 Å². The smallest absolute Gasteiger partial charge is 0.310 e. The second-order valence-electron chi connectivity index (χ2n) is 6.04. The van der Waals surface area contributed by atoms with Crippen molar-refractivity contribution in [1.29, 1.82) is 0 Å². The van der Waals surface area contributed by atoms with Gasteiger partial charge in [-0.15, -0.1) is 0 Å². The van der Waals surface area contributed by atoms with Crippen LogP contribution in [0.5, 0.6) is 0 Å². The van der Waals surface area contributed by atoms with Crippen LogP contribution >= 0.6 is 27.5 Å². The zero-order valence-corrected chi connectivity index (χ0v) is 13.4. The third-order valence-corrected chi connectivity index (χ3v) is 5.78. The zero-order chi connectivity index (χ0) is 14.7. The lowest BCUT2D eigenvalue weighted by Crippen LogP contribution is -2.35. The second kappa shape index (κ2) is 4.71. The molecule has 0 radical (unpaired) electrons. The van der Waals surface area contributed by atoms with Gasteiger partial charge in [0.05, 0.1) is 22.5 Å². The maximum absolute atomic E-state index is 12.6. The van der Waals surface area contributed by atoms with Gasteiger partial charge in [0.15, 0.2) is 0 Å². The summed E-state index contributed by atoms with van der Waals surface area (Å²) in [7, 11) is 0. The number of benzene rings is 1. The third-order valence-electron chi connectivity index (χ3n) is 4.97. The van der Waals surface area contributed by atoms with E-state index in [-0.39, 0.29) is 41.7 Å². The quantitative estimate of drug-likeness (QED) is 0.813. The summed E-state index contributed by atoms with van der Waals surface area (Å²) in [6, 6.07) is 5.31. The molecule has 6 heteroatoms. The fraction of sp³-hybridized carbons (Fsp3) is 0.467. The fourth-order valence-electron chi connectivity index (χ4n) is 4.17. The van der Waals surface area contributed by atoms with Crippen molar-refractivity contribution in [3.05, 3.63) is 27.7 Å². The minimum absolute atomic E-state index is 0.0489. The highest BCUT2D eigenvalue weighted by molar-refractivity contribution is 9.10. The molecule has 3 fully saturated rings. The van der Waals surface area contributed by atoms with Gasteiger partial charge in [-0.3, -0.25) is 9.59 Å². The maximum atomic E-state index is 12.6. The number of rotatable bonds is 2. The number of hydrogen-bond donors (Lipinski definition) is 1. The maximum Gasteiger partial charge on any atom is 0.310 e. The molecule has 1 aromatic carbocycles. The number of anilines is 1. The molecular formula is C15H13BrClNO3. The van der Waals surface area contributed by atoms with E-state index in [1.54, 1.807) is 12.1 Å². The van der Waals surface area contributed by atoms with Crippen molar-refractivity contribution in [2.24, 2.45) is 23.7 Å². The van der Waals surface area contributed by atoms with Crippen LogP contribution in [0.1, 0.15) is 12.8 Å². The number of carbonyl (C=O) groups is 2. The van der Waals surface area contributed by atoms with Crippen LogP contribution < -0.4 is 5.32 Å². The van der Waals surface area contributed by atoms with Crippen LogP contribution in [0.25, 0.3) is 0 Å². The number of esters is 1. The van der Waals surface area contributed by atoms with Crippen LogP contribution in [0.2, 0.25) is 5.02 Å². The van der Waals surface area contributed by atoms with Crippen molar-refractivity contribution in [3.63, 3.8) is 0 Å². The van der Waals surface area contributed by atoms with Gasteiger partial charge in [-0.1, -0.05) is 27.5 Å². The molecule has 2 aliphatic carbocycles. The molecule has 3 aliphatic rings. The summed E-state index contributed by atoms with van der Waals surface area (Å²) in [5.41, 5.74) is 0.579. The SMILES string of the molecule is O=C(Nc1ccc(Br)cc1Cl)C1C2CC3OC(=O)C1C3C2. The molecule has 4 nitrogen and oxygen atoms in total. The lowest BCUT2D eigenvalue weighted by Gasteiger charge is -2.23. The molecule has 21 heavy (non-hydrogen) atoms. The van der Waals surface area contributed by atoms with E-state index in [0.717, 1.165) is 17.3 Å². The Kier molecular flexibility index (Phi) is 3.05. The predicted molar refractivity (Wildman–Crippen MR) is 80.9 cm³/mol. The monoisotopic (exact) mass is 369 g/mol. The topological polar surface area (TPSA) is 55.4 Å². The summed E-state index contributed by atoms with van der Waals surface area (Å²) in [5.74, 6) is -0.366. The Morgan fingerprint density at radius 3 is 2.95 bits per heavy atom. The third kappa shape index (κ3) is 2.01. The van der Waals surface area contributed by atoms with Crippen molar-refractivity contribution in [2.75, 3.05) is 5.32 Å². The zero-order valence-electron chi connectivity index (χ0n) is 11.0. The van der Waals surface area contributed by atoms with Gasteiger partial charge in [-0.25, -0.2) is 0 Å². The van der Waals surface area contributed by atoms with E-state index in [4.69, 9.17) is 16.3 Å². The van der Waals surface area contributed by atoms with Gasteiger partial charge in [-0.2, -0.15) is 0 Å². The number of hydrogen-bond acceptors (Lipinski definition) is 3. The van der Waals surface area contributed by atoms with Gasteiger partial charge in [0.25, 0.3) is 0 Å². The minimum Gasteiger partial charge on any atom is -0.462 e. The van der Waals surface area contributed by atoms with Crippen LogP contribution in [-0.4, -0.2) is 18.0 Å². The van der Waals surface area contributed by atoms with E-state index in [1.807, 2.05) is 6.07 Å². The van der Waals surface area contributed by atoms with E-state index < -0.39 is 0 Å². The molecule has 1 aromatic rings. The molecule has 110 valence electrons. The molecule has 4 rings (SSSR count). The molecule has 1 amide bonds. The highest BCUT2D eigenvalue weighted by Crippen LogP contribution is 2.57. The summed E-state index contributed by atoms with van der Waals surface area (Å²) in [5, 5.41) is 3.35. The first-order valence-corrected chi connectivity index (χ1v) is 8.18. The molecule has 0 spiro atoms. The molecule has 2 bridgehead atoms. The van der Waals surface area contributed by atoms with Crippen molar-refractivity contribution < 1.29 is 14.3 Å². The van der Waals surface area contributed by atoms with Crippen LogP contribution in [0, 0.1) is 23.7 Å². The lowest BCUT2D eigenvalue weighted by molar-refractivity contribution is -0.145. The van der Waals surface area contributed by atoms with E-state index in [2.05, 4.69) is 21.2 Å². The van der Waals surface area contributed by atoms with Gasteiger partial charge in [0.1, 0.15) is 6.10 Å². The standard InChI is InChI=1S/C15H13BrClNO3/c16-7-1-2-10(9(17)5-7)18-14(19)12-6-3-8-11(4-6)21-15(20)13(8)12/h1-2,5-6,8,11-13H,3-4H2,(H,18,19). The number of halogens is 2. The molecule has 1 N–H and O–H groups in total. The average Bonchev–Trinajstić information content (AvgIpc) is 3.02. The summed E-state index contributed by atoms with van der Waals surface area (Å²) < 4.78 is 6.21. The summed E-state index contributed by atoms with van der Waals surface area (Å²) >= 11 is 9.46. The Morgan fingerprint density at radius 2 is 2.19 bits per heavy atom. The number of ether oxygens (including phenoxy) is 1. The van der Waals surface area contributed by atoms with Crippen molar-refractivity contribution >= 4 is 45.1 Å². The van der Waals surface area contributed by atoms with Gasteiger partial charge in [-0.05, 0) is 37.0 Å². The number of carbonyl (C=O) groups excluding carboxylic acids is 2. The number of amides is 1. The van der Waals surface area contributed by atoms with Crippen LogP contribution in [-0.2, 0) is 14.3 Å². The van der Waals surface area contributed by atoms with Crippen LogP contribution in [0.3, 0.4) is 0 Å². The first-order chi connectivity index (χ1) is 10.0. The van der Waals surface area contributed by atoms with Crippen molar-refractivity contribution in [1.82, 2.24) is 0 Å². The molecule has 1 aliphatic heterocycles. The largest absolute Gasteiger partial charge is 0.462 e. The van der Waals surface area contributed by atoms with E-state index in [0.29, 0.717) is 10.7 Å². The number of fused-ring (bicyclic) bond motifs is 1. The van der Waals surface area contributed by atoms with E-state index in [1.165, 1.54) is 0 Å². The molecule has 2 saturated carbocycles. The molecule has 0 aromatic heterocycles. The van der Waals surface area contributed by atoms with Crippen LogP contribution in [0.15, 0.2) is 22.7 Å². The van der Waals surface area contributed by atoms with Gasteiger partial charge in [0, 0.05) is 10.4 Å². The molecule has 1 heterocycles. The van der Waals surface area contributed by atoms with E-state index in [9.17, 15) is 9.59 Å². The second-order valence-corrected chi connectivity index (χ2v) is 7.36. The normalized spacial score (nSPS) is 35.9. The highest BCUT2D eigenvalue weighted by atomic mass is 79.9. The lowest BCUT2D eigenvalue weighted by atomic mass is 9.79. The van der Waals surface area contributed by atoms with Crippen molar-refractivity contribution in [3.8, 4) is 0 Å².